The van der Waals surface area contributed by atoms with Crippen molar-refractivity contribution in [2.24, 2.45) is 23.2 Å². The monoisotopic (exact) mass is 281 g/mol. The highest BCUT2D eigenvalue weighted by atomic mass is 15.3. The van der Waals surface area contributed by atoms with Crippen LogP contribution in [0.25, 0.3) is 5.69 Å². The van der Waals surface area contributed by atoms with E-state index in [0.29, 0.717) is 5.41 Å². The third kappa shape index (κ3) is 2.15. The summed E-state index contributed by atoms with van der Waals surface area (Å²) in [5.41, 5.74) is 2.95. The van der Waals surface area contributed by atoms with Gasteiger partial charge in [-0.05, 0) is 47.4 Å². The molecule has 3 nitrogen and oxygen atoms in total. The van der Waals surface area contributed by atoms with Gasteiger partial charge in [0, 0.05) is 31.2 Å². The van der Waals surface area contributed by atoms with Gasteiger partial charge in [-0.1, -0.05) is 26.8 Å². The van der Waals surface area contributed by atoms with Gasteiger partial charge in [0.25, 0.3) is 0 Å². The van der Waals surface area contributed by atoms with E-state index >= 15 is 0 Å². The van der Waals surface area contributed by atoms with Gasteiger partial charge in [-0.3, -0.25) is 0 Å². The molecule has 1 aliphatic heterocycles. The first-order chi connectivity index (χ1) is 10.0. The smallest absolute Gasteiger partial charge is 0.0666 e. The van der Waals surface area contributed by atoms with Crippen molar-refractivity contribution in [3.63, 3.8) is 0 Å². The number of aromatic nitrogens is 2. The molecule has 2 aliphatic rings. The zero-order valence-corrected chi connectivity index (χ0v) is 13.0. The lowest BCUT2D eigenvalue weighted by Gasteiger charge is -2.27. The predicted octanol–water partition coefficient (Wildman–Crippen LogP) is 3.60. The van der Waals surface area contributed by atoms with Crippen molar-refractivity contribution in [1.29, 1.82) is 0 Å². The van der Waals surface area contributed by atoms with E-state index in [9.17, 15) is 0 Å². The van der Waals surface area contributed by atoms with Crippen LogP contribution in [0.4, 0.5) is 5.69 Å². The second kappa shape index (κ2) is 4.36. The molecule has 0 spiro atoms. The number of hydrogen-bond acceptors (Lipinski definition) is 2. The van der Waals surface area contributed by atoms with Gasteiger partial charge in [0.2, 0.25) is 0 Å². The molecule has 1 aromatic carbocycles. The van der Waals surface area contributed by atoms with Crippen molar-refractivity contribution in [2.45, 2.75) is 20.8 Å². The molecule has 0 radical (unpaired) electrons. The Morgan fingerprint density at radius 2 is 1.76 bits per heavy atom. The zero-order valence-electron chi connectivity index (χ0n) is 13.0. The van der Waals surface area contributed by atoms with Crippen molar-refractivity contribution in [3.8, 4) is 5.69 Å². The van der Waals surface area contributed by atoms with Gasteiger partial charge in [-0.15, -0.1) is 0 Å². The van der Waals surface area contributed by atoms with E-state index in [1.165, 1.54) is 18.8 Å². The Kier molecular flexibility index (Phi) is 2.69. The molecule has 110 valence electrons. The van der Waals surface area contributed by atoms with Crippen LogP contribution in [0.5, 0.6) is 0 Å². The lowest BCUT2D eigenvalue weighted by molar-refractivity contribution is 0.309. The summed E-state index contributed by atoms with van der Waals surface area (Å²) in [7, 11) is 0. The van der Waals surface area contributed by atoms with Gasteiger partial charge in [0.15, 0.2) is 0 Å². The van der Waals surface area contributed by atoms with Gasteiger partial charge >= 0.3 is 0 Å². The standard InChI is InChI=1S/C18H23N3/c1-18(2,3)17-15-11-20(12-16(15)17)13-6-4-7-14(10-13)21-9-5-8-19-21/h4-10,15-17H,11-12H2,1-3H3. The number of piperidine rings is 1. The molecule has 2 atom stereocenters. The van der Waals surface area contributed by atoms with Gasteiger partial charge in [0.1, 0.15) is 0 Å². The minimum absolute atomic E-state index is 0.471. The van der Waals surface area contributed by atoms with E-state index in [1.807, 2.05) is 23.1 Å². The summed E-state index contributed by atoms with van der Waals surface area (Å²) in [5, 5.41) is 4.32. The highest BCUT2D eigenvalue weighted by Crippen LogP contribution is 2.60. The number of fused-ring (bicyclic) bond motifs is 1. The Hall–Kier alpha value is -1.77. The van der Waals surface area contributed by atoms with Crippen molar-refractivity contribution < 1.29 is 0 Å². The molecule has 1 aliphatic carbocycles. The summed E-state index contributed by atoms with van der Waals surface area (Å²) < 4.78 is 1.93. The van der Waals surface area contributed by atoms with E-state index < -0.39 is 0 Å². The van der Waals surface area contributed by atoms with E-state index in [1.54, 1.807) is 0 Å². The minimum Gasteiger partial charge on any atom is -0.371 e. The molecular weight excluding hydrogens is 258 g/mol. The van der Waals surface area contributed by atoms with E-state index in [0.717, 1.165) is 23.4 Å². The maximum absolute atomic E-state index is 4.32. The summed E-state index contributed by atoms with van der Waals surface area (Å²) in [6, 6.07) is 10.7. The second-order valence-electron chi connectivity index (χ2n) is 7.59. The van der Waals surface area contributed by atoms with Crippen molar-refractivity contribution >= 4 is 5.69 Å². The molecular formula is C18H23N3. The summed E-state index contributed by atoms with van der Waals surface area (Å²) in [5.74, 6) is 2.72. The van der Waals surface area contributed by atoms with Crippen LogP contribution < -0.4 is 4.90 Å². The van der Waals surface area contributed by atoms with Gasteiger partial charge in [0.05, 0.1) is 5.69 Å². The topological polar surface area (TPSA) is 21.1 Å². The van der Waals surface area contributed by atoms with Crippen LogP contribution >= 0.6 is 0 Å². The average molecular weight is 281 g/mol. The third-order valence-corrected chi connectivity index (χ3v) is 5.16. The largest absolute Gasteiger partial charge is 0.371 e. The highest BCUT2D eigenvalue weighted by molar-refractivity contribution is 5.54. The number of benzene rings is 1. The molecule has 2 heterocycles. The number of hydrogen-bond donors (Lipinski definition) is 0. The molecule has 2 unspecified atom stereocenters. The van der Waals surface area contributed by atoms with E-state index in [2.05, 4.69) is 55.0 Å². The molecule has 3 heteroatoms. The number of anilines is 1. The maximum atomic E-state index is 4.32. The second-order valence-corrected chi connectivity index (χ2v) is 7.59. The summed E-state index contributed by atoms with van der Waals surface area (Å²) >= 11 is 0. The first-order valence-corrected chi connectivity index (χ1v) is 7.89. The van der Waals surface area contributed by atoms with Crippen LogP contribution in [0.15, 0.2) is 42.7 Å². The van der Waals surface area contributed by atoms with Gasteiger partial charge < -0.3 is 4.90 Å². The Balaban J connectivity index is 1.51. The minimum atomic E-state index is 0.471. The molecule has 0 amide bonds. The molecule has 4 rings (SSSR count). The molecule has 0 N–H and O–H groups in total. The zero-order chi connectivity index (χ0) is 14.6. The fourth-order valence-electron chi connectivity index (χ4n) is 4.28. The molecule has 0 bridgehead atoms. The van der Waals surface area contributed by atoms with Gasteiger partial charge in [-0.2, -0.15) is 5.10 Å². The SMILES string of the molecule is CC(C)(C)C1C2CN(c3cccc(-n4cccn4)c3)CC21. The van der Waals surface area contributed by atoms with Crippen LogP contribution in [0.2, 0.25) is 0 Å². The highest BCUT2D eigenvalue weighted by Gasteiger charge is 2.59. The molecule has 1 saturated carbocycles. The van der Waals surface area contributed by atoms with Crippen LogP contribution in [-0.2, 0) is 0 Å². The normalized spacial score (nSPS) is 27.8. The van der Waals surface area contributed by atoms with Crippen LogP contribution in [0, 0.1) is 23.2 Å². The van der Waals surface area contributed by atoms with Crippen molar-refractivity contribution in [3.05, 3.63) is 42.7 Å². The van der Waals surface area contributed by atoms with Gasteiger partial charge in [-0.25, -0.2) is 4.68 Å². The summed E-state index contributed by atoms with van der Waals surface area (Å²) in [6.45, 7) is 9.60. The fourth-order valence-corrected chi connectivity index (χ4v) is 4.28. The quantitative estimate of drug-likeness (QED) is 0.838. The summed E-state index contributed by atoms with van der Waals surface area (Å²) in [6.07, 6.45) is 3.82. The number of nitrogens with zero attached hydrogens (tertiary/aromatic N) is 3. The van der Waals surface area contributed by atoms with Crippen molar-refractivity contribution in [2.75, 3.05) is 18.0 Å². The van der Waals surface area contributed by atoms with Crippen molar-refractivity contribution in [1.82, 2.24) is 9.78 Å². The first kappa shape index (κ1) is 12.9. The van der Waals surface area contributed by atoms with E-state index in [4.69, 9.17) is 0 Å². The maximum Gasteiger partial charge on any atom is 0.0666 e. The number of rotatable bonds is 2. The Bertz CT molecular complexity index is 627. The lowest BCUT2D eigenvalue weighted by Crippen LogP contribution is -2.27. The first-order valence-electron chi connectivity index (χ1n) is 7.89. The van der Waals surface area contributed by atoms with Crippen LogP contribution in [0.1, 0.15) is 20.8 Å². The Labute approximate surface area is 126 Å². The molecule has 21 heavy (non-hydrogen) atoms. The average Bonchev–Trinajstić information content (AvgIpc) is 2.88. The molecule has 2 fully saturated rings. The third-order valence-electron chi connectivity index (χ3n) is 5.16. The molecule has 1 aromatic heterocycles. The molecule has 1 saturated heterocycles. The van der Waals surface area contributed by atoms with Crippen LogP contribution in [0.3, 0.4) is 0 Å². The predicted molar refractivity (Wildman–Crippen MR) is 85.7 cm³/mol. The fraction of sp³-hybridized carbons (Fsp3) is 0.500. The van der Waals surface area contributed by atoms with E-state index in [-0.39, 0.29) is 0 Å². The Morgan fingerprint density at radius 3 is 2.38 bits per heavy atom. The Morgan fingerprint density at radius 1 is 1.05 bits per heavy atom. The molecule has 2 aromatic rings. The lowest BCUT2D eigenvalue weighted by atomic mass is 9.87. The van der Waals surface area contributed by atoms with Crippen LogP contribution in [-0.4, -0.2) is 22.9 Å². The summed E-state index contributed by atoms with van der Waals surface area (Å²) in [4.78, 5) is 2.55.